The van der Waals surface area contributed by atoms with Gasteiger partial charge in [-0.15, -0.1) is 0 Å². The van der Waals surface area contributed by atoms with Crippen LogP contribution in [0.15, 0.2) is 243 Å². The third-order valence-corrected chi connectivity index (χ3v) is 12.4. The highest BCUT2D eigenvalue weighted by Gasteiger charge is 2.17. The standard InChI is InChI=1S/C54H38N10O10S2/c65-53(66)39-11-19-43(20-12-39)56-59-46-27-25-45(26-28-46)58-55-41-15-3-35(4-16-41)1-7-37-9-23-49(33-51(37)75(69,70)71)63-61-42-17-5-36(6-18-42)2-8-38-10-24-50(34-52(38)76(72,73)74)64-62-48-31-29-47(30-32-48)60-57-44-21-13-40(14-22-44)54(67)68/h1-34H,(H,65,66)(H,67,68)(H,69,70,71)(H,72,73,74). The molecule has 76 heavy (non-hydrogen) atoms. The maximum absolute atomic E-state index is 12.4. The lowest BCUT2D eigenvalue weighted by molar-refractivity contribution is 0.0686. The summed E-state index contributed by atoms with van der Waals surface area (Å²) in [6.07, 6.45) is 6.32. The largest absolute Gasteiger partial charge is 0.478 e. The summed E-state index contributed by atoms with van der Waals surface area (Å²) in [5.74, 6) is -2.07. The van der Waals surface area contributed by atoms with Gasteiger partial charge in [-0.3, -0.25) is 9.11 Å². The van der Waals surface area contributed by atoms with Gasteiger partial charge in [0.1, 0.15) is 9.79 Å². The maximum atomic E-state index is 12.4. The molecule has 0 saturated heterocycles. The molecule has 0 radical (unpaired) electrons. The topological polar surface area (TPSA) is 307 Å². The van der Waals surface area contributed by atoms with E-state index in [0.29, 0.717) is 56.6 Å². The van der Waals surface area contributed by atoms with Crippen LogP contribution < -0.4 is 0 Å². The molecule has 0 aliphatic rings. The molecule has 0 unspecified atom stereocenters. The van der Waals surface area contributed by atoms with Crippen molar-refractivity contribution in [2.75, 3.05) is 0 Å². The molecule has 8 aromatic carbocycles. The second-order valence-electron chi connectivity index (χ2n) is 16.0. The number of benzene rings is 8. The minimum Gasteiger partial charge on any atom is -0.478 e. The van der Waals surface area contributed by atoms with E-state index in [1.807, 2.05) is 0 Å². The highest BCUT2D eigenvalue weighted by Crippen LogP contribution is 2.31. The quantitative estimate of drug-likeness (QED) is 0.0358. The van der Waals surface area contributed by atoms with Gasteiger partial charge in [0.15, 0.2) is 0 Å². The van der Waals surface area contributed by atoms with Gasteiger partial charge in [-0.2, -0.15) is 68.0 Å². The van der Waals surface area contributed by atoms with Crippen LogP contribution in [-0.2, 0) is 20.2 Å². The number of carboxylic acid groups (broad SMARTS) is 2. The third kappa shape index (κ3) is 14.8. The Balaban J connectivity index is 0.857. The molecule has 376 valence electrons. The first-order chi connectivity index (χ1) is 36.5. The Labute approximate surface area is 433 Å². The molecule has 0 spiro atoms. The zero-order valence-electron chi connectivity index (χ0n) is 39.2. The molecule has 4 N–H and O–H groups in total. The van der Waals surface area contributed by atoms with E-state index in [9.17, 15) is 35.5 Å². The molecule has 20 nitrogen and oxygen atoms in total. The molecule has 0 aliphatic carbocycles. The van der Waals surface area contributed by atoms with Crippen molar-refractivity contribution < 1.29 is 45.7 Å². The maximum Gasteiger partial charge on any atom is 0.335 e. The van der Waals surface area contributed by atoms with Crippen molar-refractivity contribution in [1.82, 2.24) is 0 Å². The van der Waals surface area contributed by atoms with E-state index >= 15 is 0 Å². The fourth-order valence-corrected chi connectivity index (χ4v) is 8.07. The molecule has 0 heterocycles. The van der Waals surface area contributed by atoms with Crippen molar-refractivity contribution in [2.24, 2.45) is 51.1 Å². The van der Waals surface area contributed by atoms with Gasteiger partial charge in [-0.05, 0) is 168 Å². The van der Waals surface area contributed by atoms with Gasteiger partial charge in [0, 0.05) is 0 Å². The lowest BCUT2D eigenvalue weighted by Crippen LogP contribution is -2.00. The fraction of sp³-hybridized carbons (Fsp3) is 0. The summed E-state index contributed by atoms with van der Waals surface area (Å²) < 4.78 is 69.8. The van der Waals surface area contributed by atoms with Crippen LogP contribution in [0.5, 0.6) is 0 Å². The van der Waals surface area contributed by atoms with Crippen molar-refractivity contribution in [3.8, 4) is 0 Å². The molecule has 0 atom stereocenters. The average molecular weight is 1050 g/mol. The summed E-state index contributed by atoms with van der Waals surface area (Å²) >= 11 is 0. The van der Waals surface area contributed by atoms with Gasteiger partial charge < -0.3 is 10.2 Å². The molecule has 0 fully saturated rings. The Hall–Kier alpha value is -10.0. The van der Waals surface area contributed by atoms with Gasteiger partial charge in [-0.25, -0.2) is 9.59 Å². The average Bonchev–Trinajstić information content (AvgIpc) is 3.42. The molecular weight excluding hydrogens is 1010 g/mol. The zero-order chi connectivity index (χ0) is 53.7. The van der Waals surface area contributed by atoms with E-state index in [-0.39, 0.29) is 38.5 Å². The number of nitrogens with zero attached hydrogens (tertiary/aromatic N) is 10. The SMILES string of the molecule is O=C(O)c1ccc(N=Nc2ccc(N=Nc3ccc(C=Cc4ccc(N=Nc5ccc(C=Cc6ccc(N=Nc7ccc(N=Nc8ccc(C(=O)O)cc8)cc7)cc6S(=O)(=O)O)cc5)cc4S(=O)(=O)O)cc3)cc2)cc1. The van der Waals surface area contributed by atoms with Gasteiger partial charge in [0.05, 0.1) is 68.0 Å². The summed E-state index contributed by atoms with van der Waals surface area (Å²) in [4.78, 5) is 21.3. The van der Waals surface area contributed by atoms with E-state index < -0.39 is 37.1 Å². The monoisotopic (exact) mass is 1050 g/mol. The van der Waals surface area contributed by atoms with Crippen molar-refractivity contribution in [3.05, 3.63) is 215 Å². The van der Waals surface area contributed by atoms with Crippen molar-refractivity contribution >= 4 is 113 Å². The van der Waals surface area contributed by atoms with E-state index in [1.54, 1.807) is 121 Å². The van der Waals surface area contributed by atoms with Crippen LogP contribution >= 0.6 is 0 Å². The molecule has 8 rings (SSSR count). The number of hydrogen-bond donors (Lipinski definition) is 4. The molecular formula is C54H38N10O10S2. The predicted octanol–water partition coefficient (Wildman–Crippen LogP) is 16.0. The van der Waals surface area contributed by atoms with E-state index in [0.717, 1.165) is 0 Å². The first kappa shape index (κ1) is 52.3. The van der Waals surface area contributed by atoms with E-state index in [1.165, 1.54) is 84.9 Å². The van der Waals surface area contributed by atoms with Crippen LogP contribution in [0.1, 0.15) is 43.0 Å². The van der Waals surface area contributed by atoms with Crippen LogP contribution in [0.25, 0.3) is 24.3 Å². The van der Waals surface area contributed by atoms with E-state index in [2.05, 4.69) is 51.1 Å². The molecule has 22 heteroatoms. The van der Waals surface area contributed by atoms with Crippen LogP contribution in [0.3, 0.4) is 0 Å². The minimum absolute atomic E-state index is 0.129. The number of carbonyl (C=O) groups is 2. The van der Waals surface area contributed by atoms with Crippen molar-refractivity contribution in [2.45, 2.75) is 9.79 Å². The van der Waals surface area contributed by atoms with Crippen LogP contribution in [-0.4, -0.2) is 48.1 Å². The first-order valence-corrected chi connectivity index (χ1v) is 25.1. The first-order valence-electron chi connectivity index (χ1n) is 22.3. The Bertz CT molecular complexity index is 3890. The van der Waals surface area contributed by atoms with Gasteiger partial charge in [-0.1, -0.05) is 60.7 Å². The number of hydrogen-bond acceptors (Lipinski definition) is 16. The molecule has 0 saturated carbocycles. The molecule has 8 aromatic rings. The number of azo groups is 5. The normalized spacial score (nSPS) is 12.4. The Kier molecular flexibility index (Phi) is 16.3. The van der Waals surface area contributed by atoms with Crippen molar-refractivity contribution in [1.29, 1.82) is 0 Å². The second kappa shape index (κ2) is 23.7. The Morgan fingerprint density at radius 3 is 0.750 bits per heavy atom. The third-order valence-electron chi connectivity index (χ3n) is 10.6. The highest BCUT2D eigenvalue weighted by molar-refractivity contribution is 7.86. The molecule has 0 amide bonds. The van der Waals surface area contributed by atoms with Crippen molar-refractivity contribution in [3.63, 3.8) is 0 Å². The van der Waals surface area contributed by atoms with Crippen LogP contribution in [0.4, 0.5) is 56.9 Å². The number of aromatic carboxylic acids is 2. The van der Waals surface area contributed by atoms with Crippen LogP contribution in [0.2, 0.25) is 0 Å². The molecule has 0 aliphatic heterocycles. The smallest absolute Gasteiger partial charge is 0.335 e. The Morgan fingerprint density at radius 1 is 0.303 bits per heavy atom. The number of rotatable bonds is 18. The lowest BCUT2D eigenvalue weighted by Gasteiger charge is -2.05. The summed E-state index contributed by atoms with van der Waals surface area (Å²) in [6, 6.07) is 47.2. The highest BCUT2D eigenvalue weighted by atomic mass is 32.2. The molecule has 0 bridgehead atoms. The summed E-state index contributed by atoms with van der Waals surface area (Å²) in [5.41, 5.74) is 6.26. The predicted molar refractivity (Wildman–Crippen MR) is 284 cm³/mol. The van der Waals surface area contributed by atoms with E-state index in [4.69, 9.17) is 10.2 Å². The van der Waals surface area contributed by atoms with Gasteiger partial charge in [0.25, 0.3) is 20.2 Å². The minimum atomic E-state index is -4.68. The number of carboxylic acids is 2. The fourth-order valence-electron chi connectivity index (χ4n) is 6.66. The van der Waals surface area contributed by atoms with Gasteiger partial charge in [0.2, 0.25) is 0 Å². The molecule has 0 aromatic heterocycles. The van der Waals surface area contributed by atoms with Crippen LogP contribution in [0, 0.1) is 0 Å². The lowest BCUT2D eigenvalue weighted by atomic mass is 10.1. The summed E-state index contributed by atoms with van der Waals surface area (Å²) in [5, 5.41) is 59.7. The zero-order valence-corrected chi connectivity index (χ0v) is 40.8. The second-order valence-corrected chi connectivity index (χ2v) is 18.8. The summed E-state index contributed by atoms with van der Waals surface area (Å²) in [6.45, 7) is 0. The van der Waals surface area contributed by atoms with Gasteiger partial charge >= 0.3 is 11.9 Å². The Morgan fingerprint density at radius 2 is 0.513 bits per heavy atom. The summed E-state index contributed by atoms with van der Waals surface area (Å²) in [7, 11) is -9.36.